The van der Waals surface area contributed by atoms with Crippen molar-refractivity contribution in [3.63, 3.8) is 0 Å². The van der Waals surface area contributed by atoms with Crippen LogP contribution >= 0.6 is 11.6 Å². The number of benzene rings is 2. The number of rotatable bonds is 6. The fourth-order valence-corrected chi connectivity index (χ4v) is 2.35. The lowest BCUT2D eigenvalue weighted by Gasteiger charge is -2.12. The summed E-state index contributed by atoms with van der Waals surface area (Å²) in [7, 11) is 1.34. The minimum absolute atomic E-state index is 0.0405. The number of nitrogens with one attached hydrogen (secondary N) is 1. The van der Waals surface area contributed by atoms with Gasteiger partial charge in [-0.3, -0.25) is 4.79 Å². The SMILES string of the molecule is COc1cc(NC(=O)c2ccc(OC(C)C)cc2)c(Cl)cc1C(=O)O. The first kappa shape index (κ1) is 18.6. The Morgan fingerprint density at radius 2 is 1.80 bits per heavy atom. The molecular formula is C18H18ClNO5. The topological polar surface area (TPSA) is 84.9 Å². The van der Waals surface area contributed by atoms with Crippen molar-refractivity contribution in [1.82, 2.24) is 0 Å². The lowest BCUT2D eigenvalue weighted by Crippen LogP contribution is -2.13. The molecule has 0 fully saturated rings. The molecule has 0 saturated heterocycles. The fourth-order valence-electron chi connectivity index (χ4n) is 2.14. The monoisotopic (exact) mass is 363 g/mol. The van der Waals surface area contributed by atoms with Gasteiger partial charge in [0.2, 0.25) is 0 Å². The molecule has 0 atom stereocenters. The second kappa shape index (κ2) is 7.90. The van der Waals surface area contributed by atoms with E-state index < -0.39 is 5.97 Å². The van der Waals surface area contributed by atoms with Gasteiger partial charge < -0.3 is 19.9 Å². The van der Waals surface area contributed by atoms with E-state index >= 15 is 0 Å². The molecule has 0 aromatic heterocycles. The molecule has 0 spiro atoms. The molecule has 1 amide bonds. The average molecular weight is 364 g/mol. The van der Waals surface area contributed by atoms with E-state index in [0.717, 1.165) is 0 Å². The number of halogens is 1. The molecule has 2 aromatic carbocycles. The summed E-state index contributed by atoms with van der Waals surface area (Å²) in [5.74, 6) is -0.787. The minimum Gasteiger partial charge on any atom is -0.496 e. The van der Waals surface area contributed by atoms with E-state index in [-0.39, 0.29) is 34.0 Å². The summed E-state index contributed by atoms with van der Waals surface area (Å²) in [6.45, 7) is 3.83. The highest BCUT2D eigenvalue weighted by Crippen LogP contribution is 2.31. The zero-order valence-corrected chi connectivity index (χ0v) is 14.8. The maximum Gasteiger partial charge on any atom is 0.339 e. The van der Waals surface area contributed by atoms with Crippen LogP contribution in [0.15, 0.2) is 36.4 Å². The summed E-state index contributed by atoms with van der Waals surface area (Å²) in [5, 5.41) is 11.9. The van der Waals surface area contributed by atoms with E-state index in [0.29, 0.717) is 11.3 Å². The number of amides is 1. The molecule has 0 aliphatic carbocycles. The number of carbonyl (C=O) groups is 2. The number of carbonyl (C=O) groups excluding carboxylic acids is 1. The Labute approximate surface area is 150 Å². The van der Waals surface area contributed by atoms with Crippen LogP contribution in [0, 0.1) is 0 Å². The van der Waals surface area contributed by atoms with Gasteiger partial charge in [0.05, 0.1) is 23.9 Å². The lowest BCUT2D eigenvalue weighted by atomic mass is 10.1. The Kier molecular flexibility index (Phi) is 5.88. The lowest BCUT2D eigenvalue weighted by molar-refractivity contribution is 0.0693. The maximum atomic E-state index is 12.4. The molecule has 0 heterocycles. The number of aromatic carboxylic acids is 1. The van der Waals surface area contributed by atoms with Gasteiger partial charge in [0.1, 0.15) is 17.1 Å². The van der Waals surface area contributed by atoms with Crippen LogP contribution in [-0.4, -0.2) is 30.2 Å². The van der Waals surface area contributed by atoms with Crippen molar-refractivity contribution in [1.29, 1.82) is 0 Å². The van der Waals surface area contributed by atoms with E-state index in [4.69, 9.17) is 26.2 Å². The van der Waals surface area contributed by atoms with Gasteiger partial charge in [-0.1, -0.05) is 11.6 Å². The van der Waals surface area contributed by atoms with Gasteiger partial charge in [-0.2, -0.15) is 0 Å². The average Bonchev–Trinajstić information content (AvgIpc) is 2.56. The molecule has 0 aliphatic heterocycles. The molecular weight excluding hydrogens is 346 g/mol. The number of carboxylic acids is 1. The normalized spacial score (nSPS) is 10.4. The van der Waals surface area contributed by atoms with E-state index in [2.05, 4.69) is 5.32 Å². The summed E-state index contributed by atoms with van der Waals surface area (Å²) in [5.41, 5.74) is 0.588. The van der Waals surface area contributed by atoms with Crippen molar-refractivity contribution in [2.24, 2.45) is 0 Å². The first-order valence-electron chi connectivity index (χ1n) is 7.50. The summed E-state index contributed by atoms with van der Waals surface area (Å²) in [6, 6.07) is 9.26. The third-order valence-corrected chi connectivity index (χ3v) is 3.57. The predicted octanol–water partition coefficient (Wildman–Crippen LogP) is 4.09. The zero-order chi connectivity index (χ0) is 18.6. The maximum absolute atomic E-state index is 12.4. The molecule has 2 N–H and O–H groups in total. The van der Waals surface area contributed by atoms with Crippen molar-refractivity contribution in [2.45, 2.75) is 20.0 Å². The molecule has 0 saturated carbocycles. The Balaban J connectivity index is 2.21. The van der Waals surface area contributed by atoms with Gasteiger partial charge in [0.25, 0.3) is 5.91 Å². The summed E-state index contributed by atoms with van der Waals surface area (Å²) in [6.07, 6.45) is 0.0405. The van der Waals surface area contributed by atoms with Gasteiger partial charge in [0, 0.05) is 11.6 Å². The molecule has 0 aliphatic rings. The molecule has 6 nitrogen and oxygen atoms in total. The molecule has 2 aromatic rings. The largest absolute Gasteiger partial charge is 0.496 e. The third-order valence-electron chi connectivity index (χ3n) is 3.26. The predicted molar refractivity (Wildman–Crippen MR) is 95.1 cm³/mol. The molecule has 0 unspecified atom stereocenters. The van der Waals surface area contributed by atoms with Crippen molar-refractivity contribution in [3.05, 3.63) is 52.5 Å². The molecule has 132 valence electrons. The Hall–Kier alpha value is -2.73. The van der Waals surface area contributed by atoms with Crippen LogP contribution in [0.4, 0.5) is 5.69 Å². The van der Waals surface area contributed by atoms with Gasteiger partial charge in [-0.05, 0) is 44.2 Å². The zero-order valence-electron chi connectivity index (χ0n) is 14.0. The first-order chi connectivity index (χ1) is 11.8. The van der Waals surface area contributed by atoms with Gasteiger partial charge in [-0.25, -0.2) is 4.79 Å². The van der Waals surface area contributed by atoms with Crippen LogP contribution in [-0.2, 0) is 0 Å². The van der Waals surface area contributed by atoms with Crippen LogP contribution in [0.3, 0.4) is 0 Å². The molecule has 0 bridgehead atoms. The van der Waals surface area contributed by atoms with Gasteiger partial charge in [-0.15, -0.1) is 0 Å². The fraction of sp³-hybridized carbons (Fsp3) is 0.222. The highest BCUT2D eigenvalue weighted by Gasteiger charge is 2.17. The first-order valence-corrected chi connectivity index (χ1v) is 7.88. The Bertz CT molecular complexity index is 787. The van der Waals surface area contributed by atoms with E-state index in [1.54, 1.807) is 24.3 Å². The van der Waals surface area contributed by atoms with Crippen LogP contribution in [0.25, 0.3) is 0 Å². The summed E-state index contributed by atoms with van der Waals surface area (Å²) >= 11 is 6.06. The third kappa shape index (κ3) is 4.64. The molecule has 25 heavy (non-hydrogen) atoms. The molecule has 7 heteroatoms. The van der Waals surface area contributed by atoms with Crippen LogP contribution < -0.4 is 14.8 Å². The number of methoxy groups -OCH3 is 1. The highest BCUT2D eigenvalue weighted by atomic mass is 35.5. The number of hydrogen-bond acceptors (Lipinski definition) is 4. The van der Waals surface area contributed by atoms with Crippen LogP contribution in [0.2, 0.25) is 5.02 Å². The van der Waals surface area contributed by atoms with Crippen LogP contribution in [0.1, 0.15) is 34.6 Å². The van der Waals surface area contributed by atoms with Crippen molar-refractivity contribution in [3.8, 4) is 11.5 Å². The molecule has 2 rings (SSSR count). The molecule has 0 radical (unpaired) electrons. The minimum atomic E-state index is -1.17. The number of hydrogen-bond donors (Lipinski definition) is 2. The van der Waals surface area contributed by atoms with E-state index in [1.807, 2.05) is 13.8 Å². The number of carboxylic acid groups (broad SMARTS) is 1. The van der Waals surface area contributed by atoms with E-state index in [1.165, 1.54) is 19.2 Å². The van der Waals surface area contributed by atoms with Crippen LogP contribution in [0.5, 0.6) is 11.5 Å². The second-order valence-corrected chi connectivity index (χ2v) is 5.89. The van der Waals surface area contributed by atoms with Crippen molar-refractivity contribution >= 4 is 29.2 Å². The summed E-state index contributed by atoms with van der Waals surface area (Å²) < 4.78 is 10.6. The van der Waals surface area contributed by atoms with Crippen molar-refractivity contribution in [2.75, 3.05) is 12.4 Å². The van der Waals surface area contributed by atoms with Gasteiger partial charge in [0.15, 0.2) is 0 Å². The van der Waals surface area contributed by atoms with Crippen molar-refractivity contribution < 1.29 is 24.2 Å². The van der Waals surface area contributed by atoms with E-state index in [9.17, 15) is 9.59 Å². The highest BCUT2D eigenvalue weighted by molar-refractivity contribution is 6.34. The summed E-state index contributed by atoms with van der Waals surface area (Å²) in [4.78, 5) is 23.5. The smallest absolute Gasteiger partial charge is 0.339 e. The quantitative estimate of drug-likeness (QED) is 0.807. The Morgan fingerprint density at radius 3 is 2.32 bits per heavy atom. The Morgan fingerprint density at radius 1 is 1.16 bits per heavy atom. The standard InChI is InChI=1S/C18H18ClNO5/c1-10(2)25-12-6-4-11(5-7-12)17(21)20-15-9-16(24-3)13(18(22)23)8-14(15)19/h4-10H,1-3H3,(H,20,21)(H,22,23). The number of anilines is 1. The second-order valence-electron chi connectivity index (χ2n) is 5.48. The van der Waals surface area contributed by atoms with Gasteiger partial charge >= 0.3 is 5.97 Å². The number of ether oxygens (including phenoxy) is 2.